The fraction of sp³-hybridized carbons (Fsp3) is 0.320. The summed E-state index contributed by atoms with van der Waals surface area (Å²) in [7, 11) is -1.63. The summed E-state index contributed by atoms with van der Waals surface area (Å²) in [6.07, 6.45) is 1.55. The molecule has 5 heteroatoms. The SMILES string of the molecule is C[Si](C)(C)C#CC1=C(C(=O)CC(C[N+](=O)[O-])c2ccccc2)CCc2ccccc21. The molecule has 0 radical (unpaired) electrons. The van der Waals surface area contributed by atoms with E-state index in [1.54, 1.807) is 0 Å². The molecule has 0 aliphatic heterocycles. The third-order valence-electron chi connectivity index (χ3n) is 5.20. The maximum Gasteiger partial charge on any atom is 0.211 e. The molecule has 1 atom stereocenters. The summed E-state index contributed by atoms with van der Waals surface area (Å²) in [6, 6.07) is 17.4. The molecule has 1 unspecified atom stereocenters. The van der Waals surface area contributed by atoms with E-state index >= 15 is 0 Å². The molecule has 2 aromatic rings. The summed E-state index contributed by atoms with van der Waals surface area (Å²) in [5, 5.41) is 11.2. The average molecular weight is 418 g/mol. The Bertz CT molecular complexity index is 1040. The lowest BCUT2D eigenvalue weighted by Gasteiger charge is -2.21. The molecular weight excluding hydrogens is 390 g/mol. The highest BCUT2D eigenvalue weighted by Gasteiger charge is 2.27. The molecule has 1 aliphatic rings. The number of allylic oxidation sites excluding steroid dienone is 2. The maximum absolute atomic E-state index is 13.4. The molecule has 0 aromatic heterocycles. The molecule has 4 nitrogen and oxygen atoms in total. The fourth-order valence-corrected chi connectivity index (χ4v) is 4.24. The highest BCUT2D eigenvalue weighted by molar-refractivity contribution is 6.84. The Kier molecular flexibility index (Phi) is 6.68. The number of ketones is 1. The van der Waals surface area contributed by atoms with Crippen molar-refractivity contribution in [1.29, 1.82) is 0 Å². The number of Topliss-reactive ketones (excluding diaryl/α,β-unsaturated/α-hetero) is 1. The number of benzene rings is 2. The molecule has 0 heterocycles. The Morgan fingerprint density at radius 2 is 1.73 bits per heavy atom. The van der Waals surface area contributed by atoms with Gasteiger partial charge in [0.1, 0.15) is 8.07 Å². The maximum atomic E-state index is 13.4. The van der Waals surface area contributed by atoms with E-state index < -0.39 is 14.0 Å². The first-order chi connectivity index (χ1) is 14.2. The third kappa shape index (κ3) is 5.55. The lowest BCUT2D eigenvalue weighted by atomic mass is 9.81. The normalized spacial score (nSPS) is 14.4. The Hall–Kier alpha value is -2.97. The van der Waals surface area contributed by atoms with Gasteiger partial charge in [-0.1, -0.05) is 80.2 Å². The van der Waals surface area contributed by atoms with Crippen molar-refractivity contribution in [1.82, 2.24) is 0 Å². The number of carbonyl (C=O) groups is 1. The van der Waals surface area contributed by atoms with E-state index in [0.717, 1.165) is 28.7 Å². The highest BCUT2D eigenvalue weighted by Crippen LogP contribution is 2.33. The summed E-state index contributed by atoms with van der Waals surface area (Å²) in [6.45, 7) is 6.29. The van der Waals surface area contributed by atoms with Gasteiger partial charge >= 0.3 is 0 Å². The highest BCUT2D eigenvalue weighted by atomic mass is 28.3. The van der Waals surface area contributed by atoms with E-state index in [4.69, 9.17) is 0 Å². The van der Waals surface area contributed by atoms with Crippen LogP contribution >= 0.6 is 0 Å². The molecule has 1 aliphatic carbocycles. The molecule has 0 saturated carbocycles. The largest absolute Gasteiger partial charge is 0.294 e. The number of hydrogen-bond donors (Lipinski definition) is 0. The van der Waals surface area contributed by atoms with E-state index in [-0.39, 0.29) is 23.7 Å². The monoisotopic (exact) mass is 417 g/mol. The molecule has 2 aromatic carbocycles. The average Bonchev–Trinajstić information content (AvgIpc) is 2.71. The van der Waals surface area contributed by atoms with Crippen LogP contribution in [0.15, 0.2) is 60.2 Å². The van der Waals surface area contributed by atoms with Crippen molar-refractivity contribution < 1.29 is 9.72 Å². The predicted molar refractivity (Wildman–Crippen MR) is 123 cm³/mol. The number of rotatable bonds is 6. The fourth-order valence-electron chi connectivity index (χ4n) is 3.74. The van der Waals surface area contributed by atoms with Gasteiger partial charge in [0.25, 0.3) is 0 Å². The van der Waals surface area contributed by atoms with Gasteiger partial charge in [-0.05, 0) is 29.5 Å². The minimum atomic E-state index is -1.63. The van der Waals surface area contributed by atoms with Crippen LogP contribution in [0.3, 0.4) is 0 Å². The van der Waals surface area contributed by atoms with Crippen LogP contribution in [0.25, 0.3) is 5.57 Å². The molecular formula is C25H27NO3Si. The van der Waals surface area contributed by atoms with Crippen molar-refractivity contribution in [2.75, 3.05) is 6.54 Å². The van der Waals surface area contributed by atoms with Gasteiger partial charge in [0.15, 0.2) is 5.78 Å². The van der Waals surface area contributed by atoms with Gasteiger partial charge in [0.05, 0.1) is 5.92 Å². The van der Waals surface area contributed by atoms with E-state index in [1.807, 2.05) is 48.5 Å². The van der Waals surface area contributed by atoms with Crippen LogP contribution in [0.1, 0.15) is 35.4 Å². The Morgan fingerprint density at radius 1 is 1.07 bits per heavy atom. The quantitative estimate of drug-likeness (QED) is 0.278. The van der Waals surface area contributed by atoms with Crippen molar-refractivity contribution in [2.45, 2.75) is 44.8 Å². The van der Waals surface area contributed by atoms with Crippen LogP contribution in [0, 0.1) is 21.6 Å². The van der Waals surface area contributed by atoms with E-state index in [1.165, 1.54) is 5.56 Å². The van der Waals surface area contributed by atoms with Gasteiger partial charge in [-0.25, -0.2) is 0 Å². The minimum absolute atomic E-state index is 0.0277. The van der Waals surface area contributed by atoms with Gasteiger partial charge in [-0.15, -0.1) is 5.54 Å². The molecule has 0 saturated heterocycles. The summed E-state index contributed by atoms with van der Waals surface area (Å²) >= 11 is 0. The molecule has 3 rings (SSSR count). The van der Waals surface area contributed by atoms with Crippen LogP contribution in [-0.4, -0.2) is 25.3 Å². The second-order valence-electron chi connectivity index (χ2n) is 8.76. The zero-order chi connectivity index (χ0) is 21.7. The van der Waals surface area contributed by atoms with Gasteiger partial charge in [-0.2, -0.15) is 0 Å². The van der Waals surface area contributed by atoms with Gasteiger partial charge in [-0.3, -0.25) is 14.9 Å². The molecule has 154 valence electrons. The summed E-state index contributed by atoms with van der Waals surface area (Å²) in [5.41, 5.74) is 8.01. The number of aryl methyl sites for hydroxylation is 1. The summed E-state index contributed by atoms with van der Waals surface area (Å²) in [5.74, 6) is 2.87. The van der Waals surface area contributed by atoms with Crippen molar-refractivity contribution in [2.24, 2.45) is 0 Å². The number of nitrogens with zero attached hydrogens (tertiary/aromatic N) is 1. The Balaban J connectivity index is 2.00. The molecule has 30 heavy (non-hydrogen) atoms. The zero-order valence-corrected chi connectivity index (χ0v) is 18.8. The van der Waals surface area contributed by atoms with E-state index in [9.17, 15) is 14.9 Å². The summed E-state index contributed by atoms with van der Waals surface area (Å²) < 4.78 is 0. The van der Waals surface area contributed by atoms with Crippen molar-refractivity contribution in [3.63, 3.8) is 0 Å². The molecule has 0 amide bonds. The first-order valence-corrected chi connectivity index (χ1v) is 13.8. The standard InChI is InChI=1S/C25H27NO3Si/c1-30(2,3)16-15-23-22-12-8-7-11-20(22)13-14-24(23)25(27)17-21(18-26(28)29)19-9-5-4-6-10-19/h4-12,21H,13-14,17-18H2,1-3H3. The first-order valence-electron chi connectivity index (χ1n) is 10.3. The number of fused-ring (bicyclic) bond motifs is 1. The first kappa shape index (κ1) is 21.7. The van der Waals surface area contributed by atoms with Crippen LogP contribution in [0.5, 0.6) is 0 Å². The van der Waals surface area contributed by atoms with Crippen molar-refractivity contribution in [3.8, 4) is 11.5 Å². The van der Waals surface area contributed by atoms with Crippen molar-refractivity contribution >= 4 is 19.4 Å². The van der Waals surface area contributed by atoms with Crippen molar-refractivity contribution in [3.05, 3.63) is 87.0 Å². The second kappa shape index (κ2) is 9.23. The lowest BCUT2D eigenvalue weighted by Crippen LogP contribution is -2.20. The van der Waals surface area contributed by atoms with Crippen LogP contribution in [0.4, 0.5) is 0 Å². The topological polar surface area (TPSA) is 60.2 Å². The number of carbonyl (C=O) groups excluding carboxylic acids is 1. The summed E-state index contributed by atoms with van der Waals surface area (Å²) in [4.78, 5) is 24.3. The molecule has 0 N–H and O–H groups in total. The van der Waals surface area contributed by atoms with Crippen LogP contribution in [0.2, 0.25) is 19.6 Å². The van der Waals surface area contributed by atoms with Gasteiger partial charge in [0, 0.05) is 22.5 Å². The smallest absolute Gasteiger partial charge is 0.211 e. The van der Waals surface area contributed by atoms with E-state index in [2.05, 4.69) is 37.2 Å². The minimum Gasteiger partial charge on any atom is -0.294 e. The van der Waals surface area contributed by atoms with Gasteiger partial charge in [0.2, 0.25) is 6.54 Å². The molecule has 0 fully saturated rings. The van der Waals surface area contributed by atoms with Crippen LogP contribution < -0.4 is 0 Å². The third-order valence-corrected chi connectivity index (χ3v) is 6.08. The zero-order valence-electron chi connectivity index (χ0n) is 17.8. The number of hydrogen-bond acceptors (Lipinski definition) is 3. The molecule has 0 spiro atoms. The van der Waals surface area contributed by atoms with Gasteiger partial charge < -0.3 is 0 Å². The Morgan fingerprint density at radius 3 is 2.40 bits per heavy atom. The second-order valence-corrected chi connectivity index (χ2v) is 13.5. The van der Waals surface area contributed by atoms with Crippen LogP contribution in [-0.2, 0) is 11.2 Å². The molecule has 0 bridgehead atoms. The number of nitro groups is 1. The predicted octanol–water partition coefficient (Wildman–Crippen LogP) is 5.29. The van der Waals surface area contributed by atoms with E-state index in [0.29, 0.717) is 6.42 Å². The lowest BCUT2D eigenvalue weighted by molar-refractivity contribution is -0.483. The Labute approximate surface area is 179 Å².